The first-order valence-electron chi connectivity index (χ1n) is 6.94. The largest absolute Gasteiger partial charge is 0.315 e. The third-order valence-electron chi connectivity index (χ3n) is 4.18. The lowest BCUT2D eigenvalue weighted by Crippen LogP contribution is -2.45. The minimum absolute atomic E-state index is 0.267. The van der Waals surface area contributed by atoms with E-state index in [-0.39, 0.29) is 5.25 Å². The highest BCUT2D eigenvalue weighted by Crippen LogP contribution is 2.34. The third-order valence-corrected chi connectivity index (χ3v) is 6.03. The highest BCUT2D eigenvalue weighted by molar-refractivity contribution is 7.90. The van der Waals surface area contributed by atoms with Crippen molar-refractivity contribution in [3.8, 4) is 0 Å². The average Bonchev–Trinajstić information content (AvgIpc) is 2.41. The highest BCUT2D eigenvalue weighted by atomic mass is 32.2. The molecule has 0 aromatic heterocycles. The maximum atomic E-state index is 12.2. The average molecular weight is 280 g/mol. The lowest BCUT2D eigenvalue weighted by Gasteiger charge is -2.31. The molecule has 0 bridgehead atoms. The van der Waals surface area contributed by atoms with E-state index in [0.717, 1.165) is 25.8 Å². The van der Waals surface area contributed by atoms with Crippen molar-refractivity contribution < 1.29 is 8.42 Å². The molecule has 0 saturated carbocycles. The Morgan fingerprint density at radius 1 is 1.32 bits per heavy atom. The van der Waals surface area contributed by atoms with Gasteiger partial charge < -0.3 is 5.32 Å². The second-order valence-electron chi connectivity index (χ2n) is 5.46. The van der Waals surface area contributed by atoms with E-state index in [2.05, 4.69) is 22.2 Å². The molecule has 2 aliphatic rings. The van der Waals surface area contributed by atoms with Gasteiger partial charge in [0.2, 0.25) is 10.0 Å². The minimum atomic E-state index is -3.17. The van der Waals surface area contributed by atoms with E-state index in [9.17, 15) is 8.42 Å². The van der Waals surface area contributed by atoms with Crippen LogP contribution in [0.1, 0.15) is 29.9 Å². The maximum absolute atomic E-state index is 12.2. The standard InChI is InChI=1S/C14H20N2O2S/c17-19(18,13-5-3-7-15-10-13)16-9-12-8-11-4-1-2-6-14(11)12/h1-2,4,6,12-13,15-16H,3,5,7-10H2. The van der Waals surface area contributed by atoms with Crippen molar-refractivity contribution in [3.05, 3.63) is 35.4 Å². The molecular formula is C14H20N2O2S. The first-order chi connectivity index (χ1) is 9.17. The van der Waals surface area contributed by atoms with Crippen molar-refractivity contribution in [2.45, 2.75) is 30.4 Å². The Kier molecular flexibility index (Phi) is 3.60. The van der Waals surface area contributed by atoms with Crippen molar-refractivity contribution in [2.24, 2.45) is 0 Å². The number of fused-ring (bicyclic) bond motifs is 1. The number of hydrogen-bond acceptors (Lipinski definition) is 3. The Morgan fingerprint density at radius 3 is 2.89 bits per heavy atom. The van der Waals surface area contributed by atoms with Gasteiger partial charge in [-0.1, -0.05) is 24.3 Å². The predicted molar refractivity (Wildman–Crippen MR) is 75.7 cm³/mol. The number of hydrogen-bond donors (Lipinski definition) is 2. The second-order valence-corrected chi connectivity index (χ2v) is 7.51. The molecule has 4 nitrogen and oxygen atoms in total. The Balaban J connectivity index is 1.58. The van der Waals surface area contributed by atoms with Crippen LogP contribution in [-0.2, 0) is 16.4 Å². The van der Waals surface area contributed by atoms with E-state index in [1.54, 1.807) is 0 Å². The molecule has 2 N–H and O–H groups in total. The summed E-state index contributed by atoms with van der Waals surface area (Å²) in [5, 5.41) is 2.89. The molecule has 0 radical (unpaired) electrons. The summed E-state index contributed by atoms with van der Waals surface area (Å²) in [6, 6.07) is 8.27. The molecular weight excluding hydrogens is 260 g/mol. The minimum Gasteiger partial charge on any atom is -0.315 e. The number of piperidine rings is 1. The van der Waals surface area contributed by atoms with Gasteiger partial charge in [-0.25, -0.2) is 13.1 Å². The summed E-state index contributed by atoms with van der Waals surface area (Å²) < 4.78 is 27.2. The van der Waals surface area contributed by atoms with Crippen LogP contribution in [0.25, 0.3) is 0 Å². The van der Waals surface area contributed by atoms with Gasteiger partial charge in [-0.2, -0.15) is 0 Å². The molecule has 1 aromatic carbocycles. The van der Waals surface area contributed by atoms with Gasteiger partial charge in [0.05, 0.1) is 5.25 Å². The SMILES string of the molecule is O=S(=O)(NCC1Cc2ccccc21)C1CCCNC1. The zero-order chi connectivity index (χ0) is 13.3. The van der Waals surface area contributed by atoms with Crippen molar-refractivity contribution in [3.63, 3.8) is 0 Å². The molecule has 1 saturated heterocycles. The fraction of sp³-hybridized carbons (Fsp3) is 0.571. The Hall–Kier alpha value is -0.910. The number of sulfonamides is 1. The van der Waals surface area contributed by atoms with Crippen LogP contribution in [0.2, 0.25) is 0 Å². The summed E-state index contributed by atoms with van der Waals surface area (Å²) in [5.41, 5.74) is 2.65. The van der Waals surface area contributed by atoms with Gasteiger partial charge in [0.25, 0.3) is 0 Å². The van der Waals surface area contributed by atoms with E-state index in [0.29, 0.717) is 19.0 Å². The van der Waals surface area contributed by atoms with Crippen molar-refractivity contribution >= 4 is 10.0 Å². The zero-order valence-electron chi connectivity index (χ0n) is 10.9. The van der Waals surface area contributed by atoms with Gasteiger partial charge in [-0.15, -0.1) is 0 Å². The number of benzene rings is 1. The first-order valence-corrected chi connectivity index (χ1v) is 8.48. The van der Waals surface area contributed by atoms with E-state index < -0.39 is 10.0 Å². The van der Waals surface area contributed by atoms with E-state index in [1.807, 2.05) is 12.1 Å². The Morgan fingerprint density at radius 2 is 2.16 bits per heavy atom. The van der Waals surface area contributed by atoms with Gasteiger partial charge >= 0.3 is 0 Å². The topological polar surface area (TPSA) is 58.2 Å². The summed E-state index contributed by atoms with van der Waals surface area (Å²) in [5.74, 6) is 0.350. The molecule has 0 amide bonds. The third kappa shape index (κ3) is 2.68. The smallest absolute Gasteiger partial charge is 0.215 e. The summed E-state index contributed by atoms with van der Waals surface area (Å²) in [7, 11) is -3.17. The monoisotopic (exact) mass is 280 g/mol. The molecule has 5 heteroatoms. The molecule has 1 heterocycles. The molecule has 2 unspecified atom stereocenters. The van der Waals surface area contributed by atoms with Gasteiger partial charge in [-0.3, -0.25) is 0 Å². The molecule has 1 fully saturated rings. The molecule has 0 spiro atoms. The van der Waals surface area contributed by atoms with Gasteiger partial charge in [0, 0.05) is 19.0 Å². The molecule has 1 aromatic rings. The van der Waals surface area contributed by atoms with Crippen molar-refractivity contribution in [1.29, 1.82) is 0 Å². The maximum Gasteiger partial charge on any atom is 0.215 e. The molecule has 1 aliphatic carbocycles. The van der Waals surface area contributed by atoms with Crippen LogP contribution in [0.5, 0.6) is 0 Å². The molecule has 1 aliphatic heterocycles. The fourth-order valence-corrected chi connectivity index (χ4v) is 4.45. The Labute approximate surface area is 114 Å². The summed E-state index contributed by atoms with van der Waals surface area (Å²) >= 11 is 0. The Bertz CT molecular complexity index is 550. The predicted octanol–water partition coefficient (Wildman–Crippen LogP) is 0.998. The van der Waals surface area contributed by atoms with Crippen molar-refractivity contribution in [1.82, 2.24) is 10.0 Å². The summed E-state index contributed by atoms with van der Waals surface area (Å²) in [6.07, 6.45) is 2.70. The van der Waals surface area contributed by atoms with Crippen LogP contribution in [0, 0.1) is 0 Å². The van der Waals surface area contributed by atoms with E-state index in [1.165, 1.54) is 11.1 Å². The fourth-order valence-electron chi connectivity index (χ4n) is 2.96. The molecule has 3 rings (SSSR count). The van der Waals surface area contributed by atoms with Crippen LogP contribution in [0.4, 0.5) is 0 Å². The quantitative estimate of drug-likeness (QED) is 0.865. The molecule has 104 valence electrons. The van der Waals surface area contributed by atoms with Gasteiger partial charge in [-0.05, 0) is 36.9 Å². The van der Waals surface area contributed by atoms with E-state index >= 15 is 0 Å². The lowest BCUT2D eigenvalue weighted by molar-refractivity contribution is 0.484. The van der Waals surface area contributed by atoms with Crippen molar-refractivity contribution in [2.75, 3.05) is 19.6 Å². The van der Waals surface area contributed by atoms with Crippen LogP contribution < -0.4 is 10.0 Å². The number of nitrogens with one attached hydrogen (secondary N) is 2. The second kappa shape index (κ2) is 5.23. The van der Waals surface area contributed by atoms with E-state index in [4.69, 9.17) is 0 Å². The van der Waals surface area contributed by atoms with Gasteiger partial charge in [0.1, 0.15) is 0 Å². The summed E-state index contributed by atoms with van der Waals surface area (Å²) in [6.45, 7) is 2.05. The highest BCUT2D eigenvalue weighted by Gasteiger charge is 2.30. The molecule has 2 atom stereocenters. The van der Waals surface area contributed by atoms with Crippen LogP contribution in [-0.4, -0.2) is 33.3 Å². The van der Waals surface area contributed by atoms with Crippen LogP contribution in [0.3, 0.4) is 0 Å². The van der Waals surface area contributed by atoms with Crippen LogP contribution >= 0.6 is 0 Å². The zero-order valence-corrected chi connectivity index (χ0v) is 11.7. The van der Waals surface area contributed by atoms with Gasteiger partial charge in [0.15, 0.2) is 0 Å². The lowest BCUT2D eigenvalue weighted by atomic mass is 9.78. The first kappa shape index (κ1) is 13.1. The van der Waals surface area contributed by atoms with Crippen LogP contribution in [0.15, 0.2) is 24.3 Å². The summed E-state index contributed by atoms with van der Waals surface area (Å²) in [4.78, 5) is 0. The number of rotatable bonds is 4. The normalized spacial score (nSPS) is 26.5. The molecule has 19 heavy (non-hydrogen) atoms.